The molecule has 38 heavy (non-hydrogen) atoms. The SMILES string of the molecule is CC[C@H]1CCCN1S(=O)(=O)c1ccc(-c2cccc(NC(=O)C3(c4ccc5c(c4)OCCO5)CC3)n2)cc1.[HH]. The summed E-state index contributed by atoms with van der Waals surface area (Å²) in [5.74, 6) is 1.73. The number of carbonyl (C=O) groups is 1. The lowest BCUT2D eigenvalue weighted by Gasteiger charge is -2.23. The van der Waals surface area contributed by atoms with Crippen LogP contribution in [0.4, 0.5) is 5.82 Å². The van der Waals surface area contributed by atoms with E-state index in [4.69, 9.17) is 9.47 Å². The van der Waals surface area contributed by atoms with E-state index in [9.17, 15) is 13.2 Å². The summed E-state index contributed by atoms with van der Waals surface area (Å²) in [4.78, 5) is 18.3. The van der Waals surface area contributed by atoms with Gasteiger partial charge in [-0.05, 0) is 74.1 Å². The fourth-order valence-electron chi connectivity index (χ4n) is 5.48. The van der Waals surface area contributed by atoms with Crippen molar-refractivity contribution in [2.24, 2.45) is 0 Å². The zero-order valence-corrected chi connectivity index (χ0v) is 22.2. The zero-order valence-electron chi connectivity index (χ0n) is 21.4. The Bertz CT molecular complexity index is 1470. The largest absolute Gasteiger partial charge is 0.486 e. The predicted molar refractivity (Wildman–Crippen MR) is 146 cm³/mol. The summed E-state index contributed by atoms with van der Waals surface area (Å²) < 4.78 is 39.3. The first-order chi connectivity index (χ1) is 18.4. The zero-order chi connectivity index (χ0) is 26.3. The Labute approximate surface area is 224 Å². The molecule has 2 aromatic carbocycles. The van der Waals surface area contributed by atoms with Gasteiger partial charge in [-0.1, -0.05) is 31.2 Å². The van der Waals surface area contributed by atoms with Crippen LogP contribution in [0.25, 0.3) is 11.3 Å². The standard InChI is InChI=1S/C29H31N3O5S.H2/c1-2-22-5-4-16-32(22)38(34,35)23-11-8-20(9-12-23)24-6-3-7-27(30-24)31-28(33)29(14-15-29)21-10-13-25-26(19-21)37-18-17-36-25;/h3,6-13,19,22H,2,4-5,14-18H2,1H3,(H,30,31,33);1H/t22-;/m0./s1. The van der Waals surface area contributed by atoms with Crippen molar-refractivity contribution in [1.29, 1.82) is 0 Å². The molecule has 1 atom stereocenters. The highest BCUT2D eigenvalue weighted by molar-refractivity contribution is 7.89. The molecule has 2 aliphatic heterocycles. The molecule has 0 unspecified atom stereocenters. The lowest BCUT2D eigenvalue weighted by atomic mass is 9.94. The second-order valence-electron chi connectivity index (χ2n) is 10.1. The first-order valence-electron chi connectivity index (χ1n) is 13.2. The van der Waals surface area contributed by atoms with Crippen molar-refractivity contribution in [2.45, 2.75) is 55.4 Å². The smallest absolute Gasteiger partial charge is 0.243 e. The molecule has 3 aliphatic rings. The Hall–Kier alpha value is -3.43. The van der Waals surface area contributed by atoms with Gasteiger partial charge in [0.15, 0.2) is 11.5 Å². The van der Waals surface area contributed by atoms with Gasteiger partial charge in [-0.25, -0.2) is 13.4 Å². The van der Waals surface area contributed by atoms with Crippen molar-refractivity contribution < 1.29 is 24.1 Å². The second kappa shape index (κ2) is 9.71. The van der Waals surface area contributed by atoms with E-state index in [1.165, 1.54) is 0 Å². The molecule has 1 aliphatic carbocycles. The number of hydrogen-bond acceptors (Lipinski definition) is 6. The van der Waals surface area contributed by atoms with Crippen LogP contribution in [0.2, 0.25) is 0 Å². The molecule has 8 nitrogen and oxygen atoms in total. The minimum atomic E-state index is -3.53. The number of carbonyl (C=O) groups excluding carboxylic acids is 1. The topological polar surface area (TPSA) is 97.8 Å². The molecule has 1 N–H and O–H groups in total. The van der Waals surface area contributed by atoms with E-state index < -0.39 is 15.4 Å². The van der Waals surface area contributed by atoms with Crippen LogP contribution in [0, 0.1) is 0 Å². The fraction of sp³-hybridized carbons (Fsp3) is 0.379. The summed E-state index contributed by atoms with van der Waals surface area (Å²) in [5.41, 5.74) is 1.75. The van der Waals surface area contributed by atoms with Crippen LogP contribution < -0.4 is 14.8 Å². The average Bonchev–Trinajstić information content (AvgIpc) is 3.62. The summed E-state index contributed by atoms with van der Waals surface area (Å²) in [6.45, 7) is 3.62. The fourth-order valence-corrected chi connectivity index (χ4v) is 7.25. The number of anilines is 1. The van der Waals surface area contributed by atoms with Gasteiger partial charge in [-0.2, -0.15) is 4.31 Å². The quantitative estimate of drug-likeness (QED) is 0.457. The van der Waals surface area contributed by atoms with Gasteiger partial charge in [0.25, 0.3) is 0 Å². The highest BCUT2D eigenvalue weighted by atomic mass is 32.2. The Kier molecular flexibility index (Phi) is 6.36. The molecule has 1 amide bonds. The number of pyridine rings is 1. The number of ether oxygens (including phenoxy) is 2. The Morgan fingerprint density at radius 2 is 1.84 bits per heavy atom. The minimum absolute atomic E-state index is 0. The highest BCUT2D eigenvalue weighted by Crippen LogP contribution is 2.51. The molecule has 3 aromatic rings. The van der Waals surface area contributed by atoms with Gasteiger partial charge in [-0.3, -0.25) is 4.79 Å². The van der Waals surface area contributed by atoms with Gasteiger partial charge in [-0.15, -0.1) is 0 Å². The first-order valence-corrected chi connectivity index (χ1v) is 14.7. The summed E-state index contributed by atoms with van der Waals surface area (Å²) in [5, 5.41) is 2.99. The molecule has 1 saturated carbocycles. The molecule has 0 spiro atoms. The van der Waals surface area contributed by atoms with E-state index in [0.717, 1.165) is 43.2 Å². The van der Waals surface area contributed by atoms with Crippen molar-refractivity contribution in [3.8, 4) is 22.8 Å². The summed E-state index contributed by atoms with van der Waals surface area (Å²) in [6, 6.07) is 18.1. The van der Waals surface area contributed by atoms with Crippen molar-refractivity contribution in [1.82, 2.24) is 9.29 Å². The van der Waals surface area contributed by atoms with Gasteiger partial charge in [0, 0.05) is 19.6 Å². The number of amides is 1. The maximum absolute atomic E-state index is 13.4. The number of benzene rings is 2. The van der Waals surface area contributed by atoms with E-state index >= 15 is 0 Å². The van der Waals surface area contributed by atoms with Gasteiger partial charge in [0.1, 0.15) is 19.0 Å². The Balaban J connectivity index is 0.00000308. The molecule has 2 fully saturated rings. The summed E-state index contributed by atoms with van der Waals surface area (Å²) >= 11 is 0. The monoisotopic (exact) mass is 535 g/mol. The Morgan fingerprint density at radius 3 is 2.58 bits per heavy atom. The molecule has 0 radical (unpaired) electrons. The second-order valence-corrected chi connectivity index (χ2v) is 12.0. The molecular formula is C29H33N3O5S. The number of fused-ring (bicyclic) bond motifs is 1. The molecule has 3 heterocycles. The molecule has 200 valence electrons. The molecule has 9 heteroatoms. The predicted octanol–water partition coefficient (Wildman–Crippen LogP) is 5.00. The average molecular weight is 536 g/mol. The third-order valence-corrected chi connectivity index (χ3v) is 9.79. The van der Waals surface area contributed by atoms with Crippen LogP contribution in [-0.2, 0) is 20.2 Å². The van der Waals surface area contributed by atoms with E-state index in [0.29, 0.717) is 47.7 Å². The van der Waals surface area contributed by atoms with Gasteiger partial charge >= 0.3 is 0 Å². The van der Waals surface area contributed by atoms with Crippen molar-refractivity contribution >= 4 is 21.7 Å². The van der Waals surface area contributed by atoms with Crippen molar-refractivity contribution in [2.75, 3.05) is 25.1 Å². The van der Waals surface area contributed by atoms with Gasteiger partial charge < -0.3 is 14.8 Å². The normalized spacial score (nSPS) is 20.2. The molecule has 0 bridgehead atoms. The van der Waals surface area contributed by atoms with Crippen LogP contribution in [0.3, 0.4) is 0 Å². The van der Waals surface area contributed by atoms with Gasteiger partial charge in [0.2, 0.25) is 15.9 Å². The van der Waals surface area contributed by atoms with Crippen LogP contribution >= 0.6 is 0 Å². The first kappa shape index (κ1) is 24.9. The minimum Gasteiger partial charge on any atom is -0.486 e. The van der Waals surface area contributed by atoms with E-state index in [1.54, 1.807) is 34.6 Å². The van der Waals surface area contributed by atoms with E-state index in [-0.39, 0.29) is 13.4 Å². The molecule has 1 saturated heterocycles. The van der Waals surface area contributed by atoms with Crippen molar-refractivity contribution in [3.63, 3.8) is 0 Å². The van der Waals surface area contributed by atoms with Gasteiger partial charge in [0.05, 0.1) is 16.0 Å². The lowest BCUT2D eigenvalue weighted by molar-refractivity contribution is -0.118. The number of sulfonamides is 1. The maximum atomic E-state index is 13.4. The van der Waals surface area contributed by atoms with E-state index in [2.05, 4.69) is 10.3 Å². The molecule has 1 aromatic heterocycles. The number of aromatic nitrogens is 1. The van der Waals surface area contributed by atoms with Crippen LogP contribution in [0.5, 0.6) is 11.5 Å². The maximum Gasteiger partial charge on any atom is 0.243 e. The summed E-state index contributed by atoms with van der Waals surface area (Å²) in [6.07, 6.45) is 4.13. The van der Waals surface area contributed by atoms with Crippen LogP contribution in [-0.4, -0.2) is 49.4 Å². The molecular weight excluding hydrogens is 502 g/mol. The number of hydrogen-bond donors (Lipinski definition) is 1. The number of nitrogens with zero attached hydrogens (tertiary/aromatic N) is 2. The number of nitrogens with one attached hydrogen (secondary N) is 1. The Morgan fingerprint density at radius 1 is 1.08 bits per heavy atom. The third kappa shape index (κ3) is 4.43. The number of rotatable bonds is 7. The van der Waals surface area contributed by atoms with Crippen molar-refractivity contribution in [3.05, 3.63) is 66.2 Å². The van der Waals surface area contributed by atoms with Crippen LogP contribution in [0.15, 0.2) is 65.6 Å². The summed E-state index contributed by atoms with van der Waals surface area (Å²) in [7, 11) is -3.53. The third-order valence-electron chi connectivity index (χ3n) is 7.82. The molecule has 6 rings (SSSR count). The highest BCUT2D eigenvalue weighted by Gasteiger charge is 2.51. The van der Waals surface area contributed by atoms with Crippen LogP contribution in [0.1, 0.15) is 46.0 Å². The lowest BCUT2D eigenvalue weighted by Crippen LogP contribution is -2.35. The van der Waals surface area contributed by atoms with E-state index in [1.807, 2.05) is 37.3 Å².